The number of hydrogen-bond donors (Lipinski definition) is 1. The van der Waals surface area contributed by atoms with E-state index in [4.69, 9.17) is 16.7 Å². The average Bonchev–Trinajstić information content (AvgIpc) is 3.08. The summed E-state index contributed by atoms with van der Waals surface area (Å²) in [5.41, 5.74) is 0.283. The molecule has 6 nitrogen and oxygen atoms in total. The van der Waals surface area contributed by atoms with E-state index in [0.717, 1.165) is 16.7 Å². The third-order valence-electron chi connectivity index (χ3n) is 3.26. The standard InChI is InChI=1S/C16H12FN3O3S2/c1-9-6-13(19-23-9)18-14(21)8-20-15(22)12(25-16(20)24)7-10-4-2-3-5-11(10)17/h2-7H,8H2,1H3,(H,18,19,21)/b12-7+. The van der Waals surface area contributed by atoms with Crippen molar-refractivity contribution in [3.05, 3.63) is 52.4 Å². The maximum atomic E-state index is 13.7. The van der Waals surface area contributed by atoms with Gasteiger partial charge in [-0.15, -0.1) is 0 Å². The Hall–Kier alpha value is -2.52. The van der Waals surface area contributed by atoms with Crippen molar-refractivity contribution in [1.29, 1.82) is 0 Å². The molecule has 0 atom stereocenters. The average molecular weight is 377 g/mol. The molecule has 1 N–H and O–H groups in total. The van der Waals surface area contributed by atoms with Crippen LogP contribution in [0.2, 0.25) is 0 Å². The van der Waals surface area contributed by atoms with Gasteiger partial charge in [0.1, 0.15) is 22.4 Å². The Labute approximate surface area is 152 Å². The molecule has 1 aliphatic rings. The maximum Gasteiger partial charge on any atom is 0.266 e. The van der Waals surface area contributed by atoms with Gasteiger partial charge < -0.3 is 9.84 Å². The van der Waals surface area contributed by atoms with Crippen molar-refractivity contribution in [2.24, 2.45) is 0 Å². The Morgan fingerprint density at radius 3 is 2.92 bits per heavy atom. The number of anilines is 1. The van der Waals surface area contributed by atoms with Crippen molar-refractivity contribution >= 4 is 52.0 Å². The second-order valence-electron chi connectivity index (χ2n) is 5.16. The zero-order valence-corrected chi connectivity index (χ0v) is 14.6. The lowest BCUT2D eigenvalue weighted by Crippen LogP contribution is -2.36. The zero-order valence-electron chi connectivity index (χ0n) is 13.0. The second kappa shape index (κ2) is 7.16. The molecule has 2 amide bonds. The Morgan fingerprint density at radius 2 is 2.24 bits per heavy atom. The van der Waals surface area contributed by atoms with Gasteiger partial charge in [0.2, 0.25) is 5.91 Å². The summed E-state index contributed by atoms with van der Waals surface area (Å²) in [6.07, 6.45) is 1.42. The molecule has 128 valence electrons. The predicted molar refractivity (Wildman–Crippen MR) is 96.1 cm³/mol. The third kappa shape index (κ3) is 3.94. The fraction of sp³-hybridized carbons (Fsp3) is 0.125. The monoisotopic (exact) mass is 377 g/mol. The van der Waals surface area contributed by atoms with Gasteiger partial charge in [-0.05, 0) is 19.1 Å². The Bertz CT molecular complexity index is 894. The number of nitrogens with zero attached hydrogens (tertiary/aromatic N) is 2. The molecule has 1 saturated heterocycles. The number of aromatic nitrogens is 1. The summed E-state index contributed by atoms with van der Waals surface area (Å²) in [7, 11) is 0. The molecular formula is C16H12FN3O3S2. The number of aryl methyl sites for hydroxylation is 1. The number of benzene rings is 1. The van der Waals surface area contributed by atoms with Gasteiger partial charge in [0, 0.05) is 11.6 Å². The number of carbonyl (C=O) groups is 2. The largest absolute Gasteiger partial charge is 0.360 e. The van der Waals surface area contributed by atoms with E-state index in [2.05, 4.69) is 10.5 Å². The van der Waals surface area contributed by atoms with Gasteiger partial charge in [-0.3, -0.25) is 14.5 Å². The van der Waals surface area contributed by atoms with E-state index in [0.29, 0.717) is 5.76 Å². The molecule has 2 heterocycles. The molecule has 1 aromatic carbocycles. The quantitative estimate of drug-likeness (QED) is 0.652. The molecule has 2 aromatic rings. The van der Waals surface area contributed by atoms with Crippen LogP contribution in [0.25, 0.3) is 6.08 Å². The first-order valence-electron chi connectivity index (χ1n) is 7.17. The summed E-state index contributed by atoms with van der Waals surface area (Å²) in [4.78, 5) is 25.9. The molecule has 0 spiro atoms. The molecule has 0 unspecified atom stereocenters. The number of carbonyl (C=O) groups excluding carboxylic acids is 2. The summed E-state index contributed by atoms with van der Waals surface area (Å²) in [6, 6.07) is 7.65. The molecule has 1 aromatic heterocycles. The third-order valence-corrected chi connectivity index (χ3v) is 4.64. The van der Waals surface area contributed by atoms with Crippen molar-refractivity contribution in [2.75, 3.05) is 11.9 Å². The van der Waals surface area contributed by atoms with Gasteiger partial charge in [0.05, 0.1) is 4.91 Å². The number of thiocarbonyl (C=S) groups is 1. The first-order chi connectivity index (χ1) is 11.9. The normalized spacial score (nSPS) is 15.9. The van der Waals surface area contributed by atoms with Crippen LogP contribution in [0.4, 0.5) is 10.2 Å². The highest BCUT2D eigenvalue weighted by Gasteiger charge is 2.33. The first-order valence-corrected chi connectivity index (χ1v) is 8.39. The molecule has 1 fully saturated rings. The predicted octanol–water partition coefficient (Wildman–Crippen LogP) is 2.96. The van der Waals surface area contributed by atoms with E-state index in [-0.39, 0.29) is 27.2 Å². The summed E-state index contributed by atoms with van der Waals surface area (Å²) in [5, 5.41) is 6.17. The molecule has 25 heavy (non-hydrogen) atoms. The van der Waals surface area contributed by atoms with Gasteiger partial charge in [-0.2, -0.15) is 0 Å². The topological polar surface area (TPSA) is 75.4 Å². The molecule has 1 aliphatic heterocycles. The van der Waals surface area contributed by atoms with Gasteiger partial charge in [-0.25, -0.2) is 4.39 Å². The zero-order chi connectivity index (χ0) is 18.0. The molecule has 0 radical (unpaired) electrons. The van der Waals surface area contributed by atoms with Gasteiger partial charge in [0.25, 0.3) is 5.91 Å². The lowest BCUT2D eigenvalue weighted by molar-refractivity contribution is -0.126. The van der Waals surface area contributed by atoms with Crippen LogP contribution in [-0.4, -0.2) is 32.7 Å². The van der Waals surface area contributed by atoms with E-state index < -0.39 is 17.6 Å². The van der Waals surface area contributed by atoms with E-state index in [9.17, 15) is 14.0 Å². The highest BCUT2D eigenvalue weighted by Crippen LogP contribution is 2.32. The Kier molecular flexibility index (Phi) is 4.95. The van der Waals surface area contributed by atoms with Crippen molar-refractivity contribution in [3.63, 3.8) is 0 Å². The molecule has 9 heteroatoms. The minimum Gasteiger partial charge on any atom is -0.360 e. The Morgan fingerprint density at radius 1 is 1.48 bits per heavy atom. The van der Waals surface area contributed by atoms with E-state index in [1.54, 1.807) is 31.2 Å². The minimum atomic E-state index is -0.461. The van der Waals surface area contributed by atoms with Crippen LogP contribution in [-0.2, 0) is 9.59 Å². The highest BCUT2D eigenvalue weighted by atomic mass is 32.2. The SMILES string of the molecule is Cc1cc(NC(=O)CN2C(=O)/C(=C\c3ccccc3F)SC2=S)no1. The number of amides is 2. The summed E-state index contributed by atoms with van der Waals surface area (Å²) in [6.45, 7) is 1.43. The van der Waals surface area contributed by atoms with Crippen LogP contribution >= 0.6 is 24.0 Å². The lowest BCUT2D eigenvalue weighted by atomic mass is 10.2. The number of hydrogen-bond acceptors (Lipinski definition) is 6. The van der Waals surface area contributed by atoms with E-state index in [1.165, 1.54) is 12.1 Å². The Balaban J connectivity index is 1.71. The number of nitrogens with one attached hydrogen (secondary N) is 1. The van der Waals surface area contributed by atoms with Crippen molar-refractivity contribution in [3.8, 4) is 0 Å². The number of rotatable bonds is 4. The molecule has 3 rings (SSSR count). The second-order valence-corrected chi connectivity index (χ2v) is 6.84. The molecule has 0 saturated carbocycles. The van der Waals surface area contributed by atoms with Crippen molar-refractivity contribution in [1.82, 2.24) is 10.1 Å². The van der Waals surface area contributed by atoms with Crippen LogP contribution in [0.1, 0.15) is 11.3 Å². The van der Waals surface area contributed by atoms with Gasteiger partial charge in [0.15, 0.2) is 5.82 Å². The van der Waals surface area contributed by atoms with Crippen LogP contribution in [0.15, 0.2) is 39.8 Å². The number of thioether (sulfide) groups is 1. The maximum absolute atomic E-state index is 13.7. The van der Waals surface area contributed by atoms with E-state index in [1.807, 2.05) is 0 Å². The first kappa shape index (κ1) is 17.3. The van der Waals surface area contributed by atoms with Crippen LogP contribution in [0, 0.1) is 12.7 Å². The van der Waals surface area contributed by atoms with Crippen LogP contribution in [0.5, 0.6) is 0 Å². The van der Waals surface area contributed by atoms with Crippen LogP contribution < -0.4 is 5.32 Å². The lowest BCUT2D eigenvalue weighted by Gasteiger charge is -2.13. The van der Waals surface area contributed by atoms with Crippen molar-refractivity contribution in [2.45, 2.75) is 6.92 Å². The van der Waals surface area contributed by atoms with Crippen LogP contribution in [0.3, 0.4) is 0 Å². The smallest absolute Gasteiger partial charge is 0.266 e. The number of halogens is 1. The van der Waals surface area contributed by atoms with Gasteiger partial charge >= 0.3 is 0 Å². The van der Waals surface area contributed by atoms with Gasteiger partial charge in [-0.1, -0.05) is 47.3 Å². The fourth-order valence-electron chi connectivity index (χ4n) is 2.12. The minimum absolute atomic E-state index is 0.235. The highest BCUT2D eigenvalue weighted by molar-refractivity contribution is 8.26. The molecular weight excluding hydrogens is 365 g/mol. The summed E-state index contributed by atoms with van der Waals surface area (Å²) >= 11 is 6.18. The fourth-order valence-corrected chi connectivity index (χ4v) is 3.37. The van der Waals surface area contributed by atoms with E-state index >= 15 is 0 Å². The molecule has 0 aliphatic carbocycles. The summed E-state index contributed by atoms with van der Waals surface area (Å²) in [5.74, 6) is -0.531. The molecule has 0 bridgehead atoms. The van der Waals surface area contributed by atoms with Crippen molar-refractivity contribution < 1.29 is 18.5 Å². The summed E-state index contributed by atoms with van der Waals surface area (Å²) < 4.78 is 18.8.